The van der Waals surface area contributed by atoms with E-state index in [4.69, 9.17) is 4.98 Å². The zero-order valence-corrected chi connectivity index (χ0v) is 13.7. The number of aromatic nitrogens is 1. The molecule has 0 saturated carbocycles. The fourth-order valence-electron chi connectivity index (χ4n) is 2.66. The van der Waals surface area contributed by atoms with Gasteiger partial charge in [-0.05, 0) is 37.6 Å². The molecule has 1 atom stereocenters. The van der Waals surface area contributed by atoms with Crippen LogP contribution in [0.1, 0.15) is 39.2 Å². The van der Waals surface area contributed by atoms with Crippen LogP contribution in [0.5, 0.6) is 0 Å². The minimum absolute atomic E-state index is 0.510. The van der Waals surface area contributed by atoms with Crippen molar-refractivity contribution >= 4 is 16.7 Å². The van der Waals surface area contributed by atoms with Crippen LogP contribution in [-0.4, -0.2) is 24.6 Å². The predicted octanol–water partition coefficient (Wildman–Crippen LogP) is 3.97. The third-order valence-electron chi connectivity index (χ3n) is 4.08. The molecule has 1 unspecified atom stereocenters. The van der Waals surface area contributed by atoms with Crippen molar-refractivity contribution in [3.63, 3.8) is 0 Å². The van der Waals surface area contributed by atoms with Gasteiger partial charge in [0, 0.05) is 25.0 Å². The van der Waals surface area contributed by atoms with E-state index in [0.29, 0.717) is 6.04 Å². The molecule has 21 heavy (non-hydrogen) atoms. The first-order valence-corrected chi connectivity index (χ1v) is 7.99. The van der Waals surface area contributed by atoms with Crippen LogP contribution in [0.2, 0.25) is 0 Å². The number of para-hydroxylation sites is 1. The fraction of sp³-hybridized carbons (Fsp3) is 0.500. The normalized spacial score (nSPS) is 12.6. The van der Waals surface area contributed by atoms with E-state index in [1.54, 1.807) is 0 Å². The van der Waals surface area contributed by atoms with Gasteiger partial charge in [-0.3, -0.25) is 0 Å². The summed E-state index contributed by atoms with van der Waals surface area (Å²) in [6.07, 6.45) is 2.39. The molecule has 1 aromatic carbocycles. The summed E-state index contributed by atoms with van der Waals surface area (Å²) in [5, 5.41) is 4.68. The van der Waals surface area contributed by atoms with E-state index in [9.17, 15) is 0 Å². The SMILES string of the molecule is CCCC(C)N(C)c1cc(CNCC)c2ccccc2n1. The molecule has 0 aliphatic rings. The zero-order valence-electron chi connectivity index (χ0n) is 13.7. The van der Waals surface area contributed by atoms with Gasteiger partial charge in [-0.15, -0.1) is 0 Å². The van der Waals surface area contributed by atoms with Crippen LogP contribution in [0.15, 0.2) is 30.3 Å². The third kappa shape index (κ3) is 3.73. The number of pyridine rings is 1. The molecule has 0 aliphatic carbocycles. The van der Waals surface area contributed by atoms with Crippen LogP contribution in [0.4, 0.5) is 5.82 Å². The summed E-state index contributed by atoms with van der Waals surface area (Å²) in [6, 6.07) is 11.2. The van der Waals surface area contributed by atoms with Gasteiger partial charge in [0.2, 0.25) is 0 Å². The van der Waals surface area contributed by atoms with Crippen molar-refractivity contribution in [3.8, 4) is 0 Å². The van der Waals surface area contributed by atoms with E-state index >= 15 is 0 Å². The van der Waals surface area contributed by atoms with Gasteiger partial charge in [-0.1, -0.05) is 38.5 Å². The molecular formula is C18H27N3. The minimum atomic E-state index is 0.510. The highest BCUT2D eigenvalue weighted by Crippen LogP contribution is 2.24. The molecule has 0 radical (unpaired) electrons. The van der Waals surface area contributed by atoms with E-state index in [-0.39, 0.29) is 0 Å². The molecule has 1 heterocycles. The maximum absolute atomic E-state index is 4.85. The van der Waals surface area contributed by atoms with Crippen molar-refractivity contribution < 1.29 is 0 Å². The maximum Gasteiger partial charge on any atom is 0.129 e. The second-order valence-electron chi connectivity index (χ2n) is 5.69. The van der Waals surface area contributed by atoms with Gasteiger partial charge in [-0.2, -0.15) is 0 Å². The molecule has 0 bridgehead atoms. The van der Waals surface area contributed by atoms with Crippen LogP contribution in [0, 0.1) is 0 Å². The van der Waals surface area contributed by atoms with Crippen molar-refractivity contribution in [1.29, 1.82) is 0 Å². The quantitative estimate of drug-likeness (QED) is 0.834. The Hall–Kier alpha value is -1.61. The van der Waals surface area contributed by atoms with Crippen molar-refractivity contribution in [3.05, 3.63) is 35.9 Å². The number of benzene rings is 1. The summed E-state index contributed by atoms with van der Waals surface area (Å²) in [4.78, 5) is 7.14. The number of anilines is 1. The maximum atomic E-state index is 4.85. The Morgan fingerprint density at radius 3 is 2.71 bits per heavy atom. The molecule has 0 aliphatic heterocycles. The van der Waals surface area contributed by atoms with Crippen LogP contribution < -0.4 is 10.2 Å². The lowest BCUT2D eigenvalue weighted by Crippen LogP contribution is -2.29. The Labute approximate surface area is 128 Å². The number of fused-ring (bicyclic) bond motifs is 1. The third-order valence-corrected chi connectivity index (χ3v) is 4.08. The van der Waals surface area contributed by atoms with Gasteiger partial charge < -0.3 is 10.2 Å². The van der Waals surface area contributed by atoms with E-state index in [1.807, 2.05) is 0 Å². The fourth-order valence-corrected chi connectivity index (χ4v) is 2.66. The van der Waals surface area contributed by atoms with Gasteiger partial charge in [0.15, 0.2) is 0 Å². The molecule has 3 heteroatoms. The highest BCUT2D eigenvalue weighted by molar-refractivity contribution is 5.84. The predicted molar refractivity (Wildman–Crippen MR) is 91.9 cm³/mol. The first-order chi connectivity index (χ1) is 10.2. The first-order valence-electron chi connectivity index (χ1n) is 7.99. The smallest absolute Gasteiger partial charge is 0.129 e. The van der Waals surface area contributed by atoms with Crippen LogP contribution >= 0.6 is 0 Å². The molecule has 114 valence electrons. The topological polar surface area (TPSA) is 28.2 Å². The molecule has 2 rings (SSSR count). The number of rotatable bonds is 7. The summed E-state index contributed by atoms with van der Waals surface area (Å²) < 4.78 is 0. The van der Waals surface area contributed by atoms with Crippen LogP contribution in [0.3, 0.4) is 0 Å². The number of hydrogen-bond acceptors (Lipinski definition) is 3. The standard InChI is InChI=1S/C18H27N3/c1-5-9-14(3)21(4)18-12-15(13-19-6-2)16-10-7-8-11-17(16)20-18/h7-8,10-12,14,19H,5-6,9,13H2,1-4H3. The van der Waals surface area contributed by atoms with Crippen molar-refractivity contribution in [1.82, 2.24) is 10.3 Å². The van der Waals surface area contributed by atoms with E-state index in [2.05, 4.69) is 68.4 Å². The number of nitrogens with one attached hydrogen (secondary N) is 1. The summed E-state index contributed by atoms with van der Waals surface area (Å²) in [5.74, 6) is 1.07. The van der Waals surface area contributed by atoms with Crippen molar-refractivity contribution in [2.24, 2.45) is 0 Å². The Morgan fingerprint density at radius 2 is 2.00 bits per heavy atom. The summed E-state index contributed by atoms with van der Waals surface area (Å²) >= 11 is 0. The van der Waals surface area contributed by atoms with Gasteiger partial charge in [-0.25, -0.2) is 4.98 Å². The molecule has 1 N–H and O–H groups in total. The van der Waals surface area contributed by atoms with E-state index in [1.165, 1.54) is 23.8 Å². The van der Waals surface area contributed by atoms with Crippen LogP contribution in [0.25, 0.3) is 10.9 Å². The summed E-state index contributed by atoms with van der Waals surface area (Å²) in [7, 11) is 2.15. The Morgan fingerprint density at radius 1 is 1.24 bits per heavy atom. The van der Waals surface area contributed by atoms with Gasteiger partial charge in [0.1, 0.15) is 5.82 Å². The molecular weight excluding hydrogens is 258 g/mol. The first kappa shape index (κ1) is 15.8. The van der Waals surface area contributed by atoms with Gasteiger partial charge in [0.05, 0.1) is 5.52 Å². The Balaban J connectivity index is 2.40. The highest BCUT2D eigenvalue weighted by Gasteiger charge is 2.13. The van der Waals surface area contributed by atoms with Crippen molar-refractivity contribution in [2.45, 2.75) is 46.2 Å². The average molecular weight is 285 g/mol. The van der Waals surface area contributed by atoms with Crippen LogP contribution in [-0.2, 0) is 6.54 Å². The molecule has 0 spiro atoms. The lowest BCUT2D eigenvalue weighted by molar-refractivity contribution is 0.611. The molecule has 0 saturated heterocycles. The highest BCUT2D eigenvalue weighted by atomic mass is 15.2. The molecule has 2 aromatic rings. The Kier molecular flexibility index (Phi) is 5.57. The average Bonchev–Trinajstić information content (AvgIpc) is 2.51. The second-order valence-corrected chi connectivity index (χ2v) is 5.69. The van der Waals surface area contributed by atoms with Gasteiger partial charge in [0.25, 0.3) is 0 Å². The number of hydrogen-bond donors (Lipinski definition) is 1. The van der Waals surface area contributed by atoms with E-state index < -0.39 is 0 Å². The lowest BCUT2D eigenvalue weighted by Gasteiger charge is -2.26. The zero-order chi connectivity index (χ0) is 15.2. The summed E-state index contributed by atoms with van der Waals surface area (Å²) in [6.45, 7) is 8.51. The lowest BCUT2D eigenvalue weighted by atomic mass is 10.1. The second kappa shape index (κ2) is 7.41. The van der Waals surface area contributed by atoms with E-state index in [0.717, 1.165) is 24.4 Å². The number of nitrogens with zero attached hydrogens (tertiary/aromatic N) is 2. The van der Waals surface area contributed by atoms with Gasteiger partial charge >= 0.3 is 0 Å². The Bertz CT molecular complexity index is 580. The monoisotopic (exact) mass is 285 g/mol. The molecule has 1 aromatic heterocycles. The summed E-state index contributed by atoms with van der Waals surface area (Å²) in [5.41, 5.74) is 2.41. The molecule has 0 fully saturated rings. The molecule has 0 amide bonds. The molecule has 3 nitrogen and oxygen atoms in total. The van der Waals surface area contributed by atoms with Crippen molar-refractivity contribution in [2.75, 3.05) is 18.5 Å². The largest absolute Gasteiger partial charge is 0.357 e. The minimum Gasteiger partial charge on any atom is -0.357 e.